The number of rotatable bonds is 6. The SMILES string of the molecule is CC[C@@H](Oc1ccc(Cl)c(C)c1)C(=O)Nc1c(C)n(C)n(-c2ccccc2)c1=O. The summed E-state index contributed by atoms with van der Waals surface area (Å²) >= 11 is 6.05. The third-order valence-corrected chi connectivity index (χ3v) is 5.30. The zero-order chi connectivity index (χ0) is 21.1. The van der Waals surface area contributed by atoms with Gasteiger partial charge in [-0.3, -0.25) is 14.3 Å². The molecule has 7 heteroatoms. The van der Waals surface area contributed by atoms with Gasteiger partial charge in [0.1, 0.15) is 11.4 Å². The molecule has 0 unspecified atom stereocenters. The molecular weight excluding hydrogens is 390 g/mol. The van der Waals surface area contributed by atoms with Crippen molar-refractivity contribution in [3.8, 4) is 11.4 Å². The van der Waals surface area contributed by atoms with Crippen LogP contribution in [0.3, 0.4) is 0 Å². The van der Waals surface area contributed by atoms with E-state index in [1.165, 1.54) is 4.68 Å². The number of hydrogen-bond acceptors (Lipinski definition) is 3. The number of carbonyl (C=O) groups is 1. The van der Waals surface area contributed by atoms with Gasteiger partial charge in [0.05, 0.1) is 11.4 Å². The van der Waals surface area contributed by atoms with E-state index >= 15 is 0 Å². The van der Waals surface area contributed by atoms with Crippen molar-refractivity contribution in [3.63, 3.8) is 0 Å². The normalized spacial score (nSPS) is 11.9. The molecule has 0 aliphatic heterocycles. The van der Waals surface area contributed by atoms with Crippen LogP contribution in [0, 0.1) is 13.8 Å². The highest BCUT2D eigenvalue weighted by atomic mass is 35.5. The van der Waals surface area contributed by atoms with Gasteiger partial charge in [-0.1, -0.05) is 36.7 Å². The number of amides is 1. The average molecular weight is 414 g/mol. The molecule has 3 rings (SSSR count). The van der Waals surface area contributed by atoms with E-state index in [-0.39, 0.29) is 17.2 Å². The van der Waals surface area contributed by atoms with Gasteiger partial charge in [-0.05, 0) is 56.2 Å². The van der Waals surface area contributed by atoms with E-state index in [4.69, 9.17) is 16.3 Å². The number of carbonyl (C=O) groups excluding carboxylic acids is 1. The minimum atomic E-state index is -0.736. The minimum Gasteiger partial charge on any atom is -0.481 e. The first kappa shape index (κ1) is 20.7. The molecule has 0 radical (unpaired) electrons. The van der Waals surface area contributed by atoms with Gasteiger partial charge in [-0.15, -0.1) is 0 Å². The Balaban J connectivity index is 1.86. The van der Waals surface area contributed by atoms with Gasteiger partial charge in [0, 0.05) is 12.1 Å². The van der Waals surface area contributed by atoms with Crippen LogP contribution in [-0.2, 0) is 11.8 Å². The van der Waals surface area contributed by atoms with E-state index in [1.807, 2.05) is 44.2 Å². The molecule has 1 atom stereocenters. The average Bonchev–Trinajstić information content (AvgIpc) is 2.92. The Bertz CT molecular complexity index is 1090. The molecule has 0 aliphatic carbocycles. The van der Waals surface area contributed by atoms with E-state index in [0.29, 0.717) is 22.9 Å². The van der Waals surface area contributed by atoms with Crippen LogP contribution in [0.2, 0.25) is 5.02 Å². The Morgan fingerprint density at radius 3 is 2.48 bits per heavy atom. The van der Waals surface area contributed by atoms with Crippen molar-refractivity contribution in [2.24, 2.45) is 7.05 Å². The quantitative estimate of drug-likeness (QED) is 0.657. The van der Waals surface area contributed by atoms with Crippen LogP contribution < -0.4 is 15.6 Å². The first-order valence-corrected chi connectivity index (χ1v) is 9.79. The predicted octanol–water partition coefficient (Wildman–Crippen LogP) is 4.24. The van der Waals surface area contributed by atoms with Crippen molar-refractivity contribution in [2.45, 2.75) is 33.3 Å². The number of aryl methyl sites for hydroxylation is 1. The van der Waals surface area contributed by atoms with Crippen LogP contribution in [0.25, 0.3) is 5.69 Å². The van der Waals surface area contributed by atoms with Gasteiger partial charge in [0.25, 0.3) is 11.5 Å². The van der Waals surface area contributed by atoms with Crippen LogP contribution >= 0.6 is 11.6 Å². The second-order valence-corrected chi connectivity index (χ2v) is 7.26. The first-order valence-electron chi connectivity index (χ1n) is 9.41. The fraction of sp³-hybridized carbons (Fsp3) is 0.273. The molecule has 3 aromatic rings. The number of para-hydroxylation sites is 1. The maximum atomic E-state index is 13.0. The molecule has 0 spiro atoms. The van der Waals surface area contributed by atoms with Gasteiger partial charge in [-0.2, -0.15) is 0 Å². The summed E-state index contributed by atoms with van der Waals surface area (Å²) < 4.78 is 9.09. The fourth-order valence-corrected chi connectivity index (χ4v) is 3.21. The molecular formula is C22H24ClN3O3. The standard InChI is InChI=1S/C22H24ClN3O3/c1-5-19(29-17-11-12-18(23)14(2)13-17)21(27)24-20-15(3)25(4)26(22(20)28)16-9-7-6-8-10-16/h6-13,19H,5H2,1-4H3,(H,24,27)/t19-/m1/s1. The number of hydrogen-bond donors (Lipinski definition) is 1. The molecule has 0 saturated carbocycles. The van der Waals surface area contributed by atoms with Crippen LogP contribution in [0.1, 0.15) is 24.6 Å². The zero-order valence-electron chi connectivity index (χ0n) is 16.9. The summed E-state index contributed by atoms with van der Waals surface area (Å²) in [5, 5.41) is 3.40. The molecule has 0 saturated heterocycles. The maximum absolute atomic E-state index is 13.0. The van der Waals surface area contributed by atoms with Gasteiger partial charge in [0.2, 0.25) is 0 Å². The summed E-state index contributed by atoms with van der Waals surface area (Å²) in [5.74, 6) is 0.187. The molecule has 6 nitrogen and oxygen atoms in total. The van der Waals surface area contributed by atoms with E-state index in [2.05, 4.69) is 5.32 Å². The van der Waals surface area contributed by atoms with Crippen molar-refractivity contribution >= 4 is 23.2 Å². The molecule has 2 aromatic carbocycles. The summed E-state index contributed by atoms with van der Waals surface area (Å²) in [6.45, 7) is 5.52. The number of nitrogens with one attached hydrogen (secondary N) is 1. The Hall–Kier alpha value is -2.99. The van der Waals surface area contributed by atoms with Gasteiger partial charge in [0.15, 0.2) is 6.10 Å². The molecule has 152 valence electrons. The smallest absolute Gasteiger partial charge is 0.295 e. The van der Waals surface area contributed by atoms with Gasteiger partial charge >= 0.3 is 0 Å². The Labute approximate surface area is 174 Å². The predicted molar refractivity (Wildman–Crippen MR) is 115 cm³/mol. The molecule has 29 heavy (non-hydrogen) atoms. The highest BCUT2D eigenvalue weighted by Crippen LogP contribution is 2.23. The van der Waals surface area contributed by atoms with E-state index in [0.717, 1.165) is 11.3 Å². The number of anilines is 1. The highest BCUT2D eigenvalue weighted by Gasteiger charge is 2.23. The lowest BCUT2D eigenvalue weighted by atomic mass is 10.2. The third kappa shape index (κ3) is 4.22. The first-order chi connectivity index (χ1) is 13.8. The minimum absolute atomic E-state index is 0.246. The van der Waals surface area contributed by atoms with Crippen LogP contribution in [-0.4, -0.2) is 21.4 Å². The number of aromatic nitrogens is 2. The fourth-order valence-electron chi connectivity index (χ4n) is 3.09. The van der Waals surface area contributed by atoms with Crippen molar-refractivity contribution in [3.05, 3.63) is 75.2 Å². The summed E-state index contributed by atoms with van der Waals surface area (Å²) in [4.78, 5) is 25.8. The summed E-state index contributed by atoms with van der Waals surface area (Å²) in [6, 6.07) is 14.5. The lowest BCUT2D eigenvalue weighted by Crippen LogP contribution is -2.34. The molecule has 0 fully saturated rings. The van der Waals surface area contributed by atoms with Crippen LogP contribution in [0.5, 0.6) is 5.75 Å². The lowest BCUT2D eigenvalue weighted by Gasteiger charge is -2.17. The number of nitrogens with zero attached hydrogens (tertiary/aromatic N) is 2. The van der Waals surface area contributed by atoms with Gasteiger partial charge < -0.3 is 10.1 Å². The van der Waals surface area contributed by atoms with Gasteiger partial charge in [-0.25, -0.2) is 4.68 Å². The lowest BCUT2D eigenvalue weighted by molar-refractivity contribution is -0.122. The van der Waals surface area contributed by atoms with E-state index in [1.54, 1.807) is 36.9 Å². The maximum Gasteiger partial charge on any atom is 0.295 e. The largest absolute Gasteiger partial charge is 0.481 e. The second kappa shape index (κ2) is 8.57. The molecule has 0 aliphatic rings. The Morgan fingerprint density at radius 2 is 1.86 bits per heavy atom. The molecule has 1 aromatic heterocycles. The van der Waals surface area contributed by atoms with Crippen LogP contribution in [0.4, 0.5) is 5.69 Å². The summed E-state index contributed by atoms with van der Waals surface area (Å²) in [5.41, 5.74) is 2.20. The number of ether oxygens (including phenoxy) is 1. The van der Waals surface area contributed by atoms with E-state index < -0.39 is 6.10 Å². The van der Waals surface area contributed by atoms with E-state index in [9.17, 15) is 9.59 Å². The monoisotopic (exact) mass is 413 g/mol. The number of halogens is 1. The molecule has 1 N–H and O–H groups in total. The molecule has 1 amide bonds. The van der Waals surface area contributed by atoms with Crippen LogP contribution in [0.15, 0.2) is 53.3 Å². The Morgan fingerprint density at radius 1 is 1.17 bits per heavy atom. The number of benzene rings is 2. The summed E-state index contributed by atoms with van der Waals surface area (Å²) in [6.07, 6.45) is -0.286. The Kier molecular flexibility index (Phi) is 6.13. The highest BCUT2D eigenvalue weighted by molar-refractivity contribution is 6.31. The third-order valence-electron chi connectivity index (χ3n) is 4.87. The summed E-state index contributed by atoms with van der Waals surface area (Å²) in [7, 11) is 1.78. The van der Waals surface area contributed by atoms with Crippen molar-refractivity contribution in [2.75, 3.05) is 5.32 Å². The van der Waals surface area contributed by atoms with Crippen molar-refractivity contribution in [1.82, 2.24) is 9.36 Å². The van der Waals surface area contributed by atoms with Crippen molar-refractivity contribution in [1.29, 1.82) is 0 Å². The second-order valence-electron chi connectivity index (χ2n) is 6.85. The topological polar surface area (TPSA) is 65.3 Å². The molecule has 0 bridgehead atoms. The zero-order valence-corrected chi connectivity index (χ0v) is 17.7. The van der Waals surface area contributed by atoms with Crippen molar-refractivity contribution < 1.29 is 9.53 Å². The molecule has 1 heterocycles.